The van der Waals surface area contributed by atoms with E-state index >= 15 is 0 Å². The number of carbonyl (C=O) groups is 2. The summed E-state index contributed by atoms with van der Waals surface area (Å²) in [5.74, 6) is 0.0229. The molecule has 0 spiro atoms. The molecular weight excluding hydrogens is 348 g/mol. The quantitative estimate of drug-likeness (QED) is 0.795. The minimum atomic E-state index is 0.0115. The second-order valence-corrected chi connectivity index (χ2v) is 8.06. The van der Waals surface area contributed by atoms with Crippen molar-refractivity contribution in [1.29, 1.82) is 0 Å². The van der Waals surface area contributed by atoms with Crippen molar-refractivity contribution < 1.29 is 9.59 Å². The molecule has 0 aromatic heterocycles. The maximum atomic E-state index is 12.4. The van der Waals surface area contributed by atoms with Crippen LogP contribution in [0.3, 0.4) is 0 Å². The molecule has 2 saturated carbocycles. The van der Waals surface area contributed by atoms with Crippen LogP contribution in [0.5, 0.6) is 0 Å². The summed E-state index contributed by atoms with van der Waals surface area (Å²) in [5.41, 5.74) is 3.48. The fraction of sp³-hybridized carbons (Fsp3) is 0.417. The minimum Gasteiger partial charge on any atom is -0.349 e. The van der Waals surface area contributed by atoms with E-state index in [1.165, 1.54) is 25.7 Å². The van der Waals surface area contributed by atoms with Gasteiger partial charge in [0.15, 0.2) is 0 Å². The van der Waals surface area contributed by atoms with Crippen molar-refractivity contribution in [1.82, 2.24) is 10.6 Å². The third-order valence-corrected chi connectivity index (χ3v) is 6.01. The maximum Gasteiger partial charge on any atom is 0.251 e. The van der Waals surface area contributed by atoms with Crippen LogP contribution in [0.1, 0.15) is 72.1 Å². The molecule has 2 aromatic rings. The molecule has 2 N–H and O–H groups in total. The van der Waals surface area contributed by atoms with Gasteiger partial charge in [0.1, 0.15) is 0 Å². The second kappa shape index (κ2) is 8.59. The van der Waals surface area contributed by atoms with Gasteiger partial charge in [-0.2, -0.15) is 0 Å². The molecule has 0 unspecified atom stereocenters. The van der Waals surface area contributed by atoms with Crippen LogP contribution in [0.4, 0.5) is 0 Å². The lowest BCUT2D eigenvalue weighted by atomic mass is 10.0. The molecule has 2 fully saturated rings. The molecule has 2 aromatic carbocycles. The van der Waals surface area contributed by atoms with Crippen LogP contribution in [0.2, 0.25) is 0 Å². The summed E-state index contributed by atoms with van der Waals surface area (Å²) in [6, 6.07) is 16.0. The van der Waals surface area contributed by atoms with Crippen LogP contribution in [0, 0.1) is 0 Å². The third kappa shape index (κ3) is 4.44. The molecule has 4 heteroatoms. The molecule has 2 amide bonds. The van der Waals surface area contributed by atoms with E-state index < -0.39 is 0 Å². The minimum absolute atomic E-state index is 0.0115. The molecule has 2 aliphatic rings. The van der Waals surface area contributed by atoms with Gasteiger partial charge in [-0.05, 0) is 61.1 Å². The molecule has 0 atom stereocenters. The van der Waals surface area contributed by atoms with Gasteiger partial charge >= 0.3 is 0 Å². The Morgan fingerprint density at radius 2 is 0.893 bits per heavy atom. The first-order valence-electron chi connectivity index (χ1n) is 10.5. The highest BCUT2D eigenvalue weighted by Gasteiger charge is 2.19. The van der Waals surface area contributed by atoms with Crippen LogP contribution in [0.15, 0.2) is 48.5 Å². The normalized spacial score (nSPS) is 17.6. The highest BCUT2D eigenvalue weighted by molar-refractivity contribution is 5.96. The number of carbonyl (C=O) groups excluding carboxylic acids is 2. The monoisotopic (exact) mass is 376 g/mol. The lowest BCUT2D eigenvalue weighted by molar-refractivity contribution is 0.0929. The standard InChI is InChI=1S/C24H28N2O2/c27-23(25-21-5-1-2-6-21)19-13-9-17(10-14-19)18-11-15-20(16-12-18)24(28)26-22-7-3-4-8-22/h9-16,21-22H,1-8H2,(H,25,27)(H,26,28). The van der Waals surface area contributed by atoms with E-state index in [-0.39, 0.29) is 11.8 Å². The van der Waals surface area contributed by atoms with Gasteiger partial charge in [-0.25, -0.2) is 0 Å². The molecule has 28 heavy (non-hydrogen) atoms. The van der Waals surface area contributed by atoms with E-state index in [1.54, 1.807) is 0 Å². The Hall–Kier alpha value is -2.62. The number of nitrogens with one attached hydrogen (secondary N) is 2. The zero-order chi connectivity index (χ0) is 19.3. The average Bonchev–Trinajstić information content (AvgIpc) is 3.42. The highest BCUT2D eigenvalue weighted by atomic mass is 16.2. The summed E-state index contributed by atoms with van der Waals surface area (Å²) in [4.78, 5) is 24.7. The number of hydrogen-bond donors (Lipinski definition) is 2. The van der Waals surface area contributed by atoms with Crippen LogP contribution in [-0.4, -0.2) is 23.9 Å². The summed E-state index contributed by atoms with van der Waals surface area (Å²) < 4.78 is 0. The number of benzene rings is 2. The molecule has 0 saturated heterocycles. The van der Waals surface area contributed by atoms with Crippen molar-refractivity contribution in [3.8, 4) is 11.1 Å². The Balaban J connectivity index is 1.38. The summed E-state index contributed by atoms with van der Waals surface area (Å²) >= 11 is 0. The van der Waals surface area contributed by atoms with Gasteiger partial charge in [0.2, 0.25) is 0 Å². The van der Waals surface area contributed by atoms with Gasteiger partial charge in [-0.1, -0.05) is 49.9 Å². The number of amides is 2. The predicted octanol–water partition coefficient (Wildman–Crippen LogP) is 4.70. The first kappa shape index (κ1) is 18.7. The lowest BCUT2D eigenvalue weighted by Gasteiger charge is -2.13. The molecular formula is C24H28N2O2. The maximum absolute atomic E-state index is 12.4. The smallest absolute Gasteiger partial charge is 0.251 e. The summed E-state index contributed by atoms with van der Waals surface area (Å²) in [5, 5.41) is 6.24. The first-order chi connectivity index (χ1) is 13.7. The molecule has 0 aliphatic heterocycles. The topological polar surface area (TPSA) is 58.2 Å². The van der Waals surface area contributed by atoms with Crippen LogP contribution in [-0.2, 0) is 0 Å². The predicted molar refractivity (Wildman–Crippen MR) is 111 cm³/mol. The van der Waals surface area contributed by atoms with Crippen molar-refractivity contribution in [3.05, 3.63) is 59.7 Å². The average molecular weight is 377 g/mol. The largest absolute Gasteiger partial charge is 0.349 e. The van der Waals surface area contributed by atoms with Crippen LogP contribution < -0.4 is 10.6 Å². The van der Waals surface area contributed by atoms with E-state index in [2.05, 4.69) is 10.6 Å². The Morgan fingerprint density at radius 3 is 1.21 bits per heavy atom. The molecule has 4 nitrogen and oxygen atoms in total. The number of rotatable bonds is 5. The summed E-state index contributed by atoms with van der Waals surface area (Å²) in [7, 11) is 0. The van der Waals surface area contributed by atoms with E-state index in [9.17, 15) is 9.59 Å². The Bertz CT molecular complexity index is 743. The Labute approximate surface area is 166 Å². The van der Waals surface area contributed by atoms with Crippen molar-refractivity contribution in [2.45, 2.75) is 63.5 Å². The highest BCUT2D eigenvalue weighted by Crippen LogP contribution is 2.22. The van der Waals surface area contributed by atoms with Gasteiger partial charge in [0.05, 0.1) is 0 Å². The van der Waals surface area contributed by atoms with Crippen molar-refractivity contribution in [2.24, 2.45) is 0 Å². The van der Waals surface area contributed by atoms with E-state index in [1.807, 2.05) is 48.5 Å². The van der Waals surface area contributed by atoms with Gasteiger partial charge in [0, 0.05) is 23.2 Å². The molecule has 4 rings (SSSR count). The molecule has 0 heterocycles. The fourth-order valence-corrected chi connectivity index (χ4v) is 4.31. The van der Waals surface area contributed by atoms with Crippen LogP contribution in [0.25, 0.3) is 11.1 Å². The van der Waals surface area contributed by atoms with Crippen molar-refractivity contribution >= 4 is 11.8 Å². The zero-order valence-corrected chi connectivity index (χ0v) is 16.2. The molecule has 0 bridgehead atoms. The van der Waals surface area contributed by atoms with Crippen molar-refractivity contribution in [2.75, 3.05) is 0 Å². The summed E-state index contributed by atoms with van der Waals surface area (Å²) in [6.45, 7) is 0. The lowest BCUT2D eigenvalue weighted by Crippen LogP contribution is -2.32. The number of hydrogen-bond acceptors (Lipinski definition) is 2. The van der Waals surface area contributed by atoms with E-state index in [0.717, 1.165) is 36.8 Å². The van der Waals surface area contributed by atoms with E-state index in [4.69, 9.17) is 0 Å². The molecule has 146 valence electrons. The molecule has 2 aliphatic carbocycles. The summed E-state index contributed by atoms with van der Waals surface area (Å²) in [6.07, 6.45) is 9.18. The van der Waals surface area contributed by atoms with Crippen molar-refractivity contribution in [3.63, 3.8) is 0 Å². The van der Waals surface area contributed by atoms with Gasteiger partial charge < -0.3 is 10.6 Å². The van der Waals surface area contributed by atoms with E-state index in [0.29, 0.717) is 23.2 Å². The zero-order valence-electron chi connectivity index (χ0n) is 16.2. The van der Waals surface area contributed by atoms with Gasteiger partial charge in [0.25, 0.3) is 11.8 Å². The Kier molecular flexibility index (Phi) is 5.75. The third-order valence-electron chi connectivity index (χ3n) is 6.01. The fourth-order valence-electron chi connectivity index (χ4n) is 4.31. The first-order valence-corrected chi connectivity index (χ1v) is 10.5. The van der Waals surface area contributed by atoms with Crippen LogP contribution >= 0.6 is 0 Å². The second-order valence-electron chi connectivity index (χ2n) is 8.06. The Morgan fingerprint density at radius 1 is 0.571 bits per heavy atom. The van der Waals surface area contributed by atoms with Gasteiger partial charge in [-0.3, -0.25) is 9.59 Å². The van der Waals surface area contributed by atoms with Gasteiger partial charge in [-0.15, -0.1) is 0 Å². The molecule has 0 radical (unpaired) electrons. The SMILES string of the molecule is O=C(NC1CCCC1)c1ccc(-c2ccc(C(=O)NC3CCCC3)cc2)cc1.